The normalized spacial score (nSPS) is 12.3. The van der Waals surface area contributed by atoms with Gasteiger partial charge in [0.2, 0.25) is 17.6 Å². The van der Waals surface area contributed by atoms with Gasteiger partial charge in [-0.3, -0.25) is 19.3 Å². The zero-order valence-electron chi connectivity index (χ0n) is 20.3. The van der Waals surface area contributed by atoms with Crippen LogP contribution in [0.4, 0.5) is 17.1 Å². The molecule has 0 saturated carbocycles. The number of fused-ring (bicyclic) bond motifs is 1. The Hall–Kier alpha value is -4.53. The molecule has 0 spiro atoms. The number of carbonyl (C=O) groups is 3. The largest absolute Gasteiger partial charge is 0.493 e. The lowest BCUT2D eigenvalue weighted by molar-refractivity contribution is -0.116. The SMILES string of the molecule is COc1cc(CCC(=O)Nc2ccc(C(=O)N3CC(=O)Nc4ccccc43)cc2)cc(OC)c1OC. The average molecular weight is 490 g/mol. The van der Waals surface area contributed by atoms with Crippen LogP contribution in [0, 0.1) is 0 Å². The Morgan fingerprint density at radius 1 is 0.944 bits per heavy atom. The highest BCUT2D eigenvalue weighted by Crippen LogP contribution is 2.38. The lowest BCUT2D eigenvalue weighted by Gasteiger charge is -2.29. The molecule has 3 aromatic rings. The van der Waals surface area contributed by atoms with Gasteiger partial charge in [0.15, 0.2) is 11.5 Å². The van der Waals surface area contributed by atoms with Crippen LogP contribution in [0.1, 0.15) is 22.3 Å². The maximum absolute atomic E-state index is 13.1. The summed E-state index contributed by atoms with van der Waals surface area (Å²) in [5.74, 6) is 0.833. The number of hydrogen-bond donors (Lipinski definition) is 2. The lowest BCUT2D eigenvalue weighted by atomic mass is 10.1. The van der Waals surface area contributed by atoms with E-state index < -0.39 is 0 Å². The first-order valence-corrected chi connectivity index (χ1v) is 11.3. The molecular weight excluding hydrogens is 462 g/mol. The predicted molar refractivity (Wildman–Crippen MR) is 136 cm³/mol. The number of ether oxygens (including phenoxy) is 3. The van der Waals surface area contributed by atoms with E-state index in [0.29, 0.717) is 46.3 Å². The van der Waals surface area contributed by atoms with Crippen LogP contribution in [0.2, 0.25) is 0 Å². The maximum Gasteiger partial charge on any atom is 0.258 e. The first-order chi connectivity index (χ1) is 17.4. The van der Waals surface area contributed by atoms with Gasteiger partial charge in [-0.25, -0.2) is 0 Å². The molecule has 1 aliphatic rings. The number of benzene rings is 3. The highest BCUT2D eigenvalue weighted by atomic mass is 16.5. The second-order valence-electron chi connectivity index (χ2n) is 8.12. The predicted octanol–water partition coefficient (Wildman–Crippen LogP) is 3.88. The number of rotatable bonds is 8. The molecule has 2 N–H and O–H groups in total. The summed E-state index contributed by atoms with van der Waals surface area (Å²) in [7, 11) is 4.62. The molecule has 0 aliphatic carbocycles. The minimum absolute atomic E-state index is 0.0603. The molecule has 9 heteroatoms. The van der Waals surface area contributed by atoms with Crippen LogP contribution in [0.5, 0.6) is 17.2 Å². The monoisotopic (exact) mass is 489 g/mol. The van der Waals surface area contributed by atoms with Crippen molar-refractivity contribution >= 4 is 34.8 Å². The number of carbonyl (C=O) groups excluding carboxylic acids is 3. The van der Waals surface area contributed by atoms with E-state index in [2.05, 4.69) is 10.6 Å². The Labute approximate surface area is 209 Å². The fourth-order valence-electron chi connectivity index (χ4n) is 4.03. The second-order valence-corrected chi connectivity index (χ2v) is 8.12. The summed E-state index contributed by atoms with van der Waals surface area (Å²) in [6, 6.07) is 17.4. The number of aryl methyl sites for hydroxylation is 1. The first-order valence-electron chi connectivity index (χ1n) is 11.3. The fraction of sp³-hybridized carbons (Fsp3) is 0.222. The number of hydrogen-bond acceptors (Lipinski definition) is 6. The minimum Gasteiger partial charge on any atom is -0.493 e. The summed E-state index contributed by atoms with van der Waals surface area (Å²) in [5.41, 5.74) is 3.09. The summed E-state index contributed by atoms with van der Waals surface area (Å²) in [4.78, 5) is 39.1. The minimum atomic E-state index is -0.294. The highest BCUT2D eigenvalue weighted by Gasteiger charge is 2.27. The van der Waals surface area contributed by atoms with Crippen LogP contribution in [-0.2, 0) is 16.0 Å². The third-order valence-corrected chi connectivity index (χ3v) is 5.80. The number of amides is 3. The third kappa shape index (κ3) is 5.25. The van der Waals surface area contributed by atoms with Crippen molar-refractivity contribution < 1.29 is 28.6 Å². The third-order valence-electron chi connectivity index (χ3n) is 5.80. The van der Waals surface area contributed by atoms with E-state index >= 15 is 0 Å². The molecule has 186 valence electrons. The Kier molecular flexibility index (Phi) is 7.39. The van der Waals surface area contributed by atoms with Crippen molar-refractivity contribution in [3.8, 4) is 17.2 Å². The van der Waals surface area contributed by atoms with Gasteiger partial charge in [-0.2, -0.15) is 0 Å². The molecule has 3 amide bonds. The molecule has 1 aliphatic heterocycles. The summed E-state index contributed by atoms with van der Waals surface area (Å²) in [6.07, 6.45) is 0.703. The molecule has 1 heterocycles. The average Bonchev–Trinajstić information content (AvgIpc) is 2.90. The molecule has 3 aromatic carbocycles. The van der Waals surface area contributed by atoms with Gasteiger partial charge in [-0.15, -0.1) is 0 Å². The van der Waals surface area contributed by atoms with Crippen LogP contribution >= 0.6 is 0 Å². The molecule has 0 atom stereocenters. The van der Waals surface area contributed by atoms with E-state index in [1.807, 2.05) is 18.2 Å². The quantitative estimate of drug-likeness (QED) is 0.497. The molecule has 0 aromatic heterocycles. The van der Waals surface area contributed by atoms with Gasteiger partial charge < -0.3 is 24.8 Å². The molecule has 9 nitrogen and oxygen atoms in total. The number of anilines is 3. The van der Waals surface area contributed by atoms with Crippen molar-refractivity contribution in [3.05, 3.63) is 71.8 Å². The van der Waals surface area contributed by atoms with Crippen LogP contribution in [0.3, 0.4) is 0 Å². The Morgan fingerprint density at radius 3 is 2.25 bits per heavy atom. The standard InChI is InChI=1S/C27H27N3O6/c1-34-22-14-17(15-23(35-2)26(22)36-3)8-13-24(31)28-19-11-9-18(10-12-19)27(33)30-16-25(32)29-20-6-4-5-7-21(20)30/h4-7,9-12,14-15H,8,13,16H2,1-3H3,(H,28,31)(H,29,32). The summed E-state index contributed by atoms with van der Waals surface area (Å²) in [6.45, 7) is -0.0603. The molecular formula is C27H27N3O6. The van der Waals surface area contributed by atoms with Crippen molar-refractivity contribution in [1.29, 1.82) is 0 Å². The van der Waals surface area contributed by atoms with Gasteiger partial charge in [-0.1, -0.05) is 12.1 Å². The number of nitrogens with zero attached hydrogens (tertiary/aromatic N) is 1. The molecule has 0 unspecified atom stereocenters. The summed E-state index contributed by atoms with van der Waals surface area (Å²) < 4.78 is 16.1. The first kappa shape index (κ1) is 24.6. The van der Waals surface area contributed by atoms with Crippen LogP contribution in [0.25, 0.3) is 0 Å². The molecule has 4 rings (SSSR count). The van der Waals surface area contributed by atoms with Gasteiger partial charge in [0, 0.05) is 17.7 Å². The molecule has 0 radical (unpaired) electrons. The molecule has 36 heavy (non-hydrogen) atoms. The van der Waals surface area contributed by atoms with E-state index in [0.717, 1.165) is 5.56 Å². The van der Waals surface area contributed by atoms with Crippen molar-refractivity contribution in [1.82, 2.24) is 0 Å². The number of methoxy groups -OCH3 is 3. The summed E-state index contributed by atoms with van der Waals surface area (Å²) in [5, 5.41) is 5.61. The van der Waals surface area contributed by atoms with E-state index in [1.165, 1.54) is 12.0 Å². The summed E-state index contributed by atoms with van der Waals surface area (Å²) >= 11 is 0. The zero-order chi connectivity index (χ0) is 25.7. The van der Waals surface area contributed by atoms with E-state index in [9.17, 15) is 14.4 Å². The number of para-hydroxylation sites is 2. The van der Waals surface area contributed by atoms with Crippen LogP contribution < -0.4 is 29.7 Å². The Balaban J connectivity index is 1.39. The van der Waals surface area contributed by atoms with Gasteiger partial charge in [-0.05, 0) is 60.5 Å². The van der Waals surface area contributed by atoms with Gasteiger partial charge >= 0.3 is 0 Å². The van der Waals surface area contributed by atoms with Crippen molar-refractivity contribution in [2.24, 2.45) is 0 Å². The van der Waals surface area contributed by atoms with E-state index in [-0.39, 0.29) is 30.7 Å². The van der Waals surface area contributed by atoms with Crippen LogP contribution in [-0.4, -0.2) is 45.6 Å². The molecule has 0 fully saturated rings. The highest BCUT2D eigenvalue weighted by molar-refractivity contribution is 6.15. The smallest absolute Gasteiger partial charge is 0.258 e. The fourth-order valence-corrected chi connectivity index (χ4v) is 4.03. The molecule has 0 saturated heterocycles. The number of nitrogens with one attached hydrogen (secondary N) is 2. The molecule has 0 bridgehead atoms. The van der Waals surface area contributed by atoms with Crippen molar-refractivity contribution in [2.75, 3.05) is 43.4 Å². The Bertz CT molecular complexity index is 1260. The van der Waals surface area contributed by atoms with Crippen molar-refractivity contribution in [2.45, 2.75) is 12.8 Å². The van der Waals surface area contributed by atoms with Crippen molar-refractivity contribution in [3.63, 3.8) is 0 Å². The van der Waals surface area contributed by atoms with E-state index in [4.69, 9.17) is 14.2 Å². The Morgan fingerprint density at radius 2 is 1.61 bits per heavy atom. The lowest BCUT2D eigenvalue weighted by Crippen LogP contribution is -2.42. The maximum atomic E-state index is 13.1. The van der Waals surface area contributed by atoms with Gasteiger partial charge in [0.1, 0.15) is 6.54 Å². The van der Waals surface area contributed by atoms with Gasteiger partial charge in [0.05, 0.1) is 32.7 Å². The zero-order valence-corrected chi connectivity index (χ0v) is 20.3. The van der Waals surface area contributed by atoms with E-state index in [1.54, 1.807) is 56.7 Å². The topological polar surface area (TPSA) is 106 Å². The second kappa shape index (κ2) is 10.8. The van der Waals surface area contributed by atoms with Gasteiger partial charge in [0.25, 0.3) is 5.91 Å². The van der Waals surface area contributed by atoms with Crippen LogP contribution in [0.15, 0.2) is 60.7 Å².